The second kappa shape index (κ2) is 8.73. The molecule has 158 valence electrons. The van der Waals surface area contributed by atoms with Gasteiger partial charge in [-0.25, -0.2) is 0 Å². The van der Waals surface area contributed by atoms with E-state index < -0.39 is 0 Å². The largest absolute Gasteiger partial charge is 0.353 e. The van der Waals surface area contributed by atoms with Crippen LogP contribution in [0.3, 0.4) is 0 Å². The molecule has 2 saturated carbocycles. The Hall–Kier alpha value is -1.46. The summed E-state index contributed by atoms with van der Waals surface area (Å²) in [4.78, 5) is 22.4. The van der Waals surface area contributed by atoms with E-state index in [1.54, 1.807) is 0 Å². The van der Waals surface area contributed by atoms with Crippen LogP contribution in [0.15, 0.2) is 24.5 Å². The van der Waals surface area contributed by atoms with E-state index in [1.807, 2.05) is 18.5 Å². The van der Waals surface area contributed by atoms with Crippen LogP contribution in [0, 0.1) is 17.8 Å². The van der Waals surface area contributed by atoms with Gasteiger partial charge in [-0.1, -0.05) is 6.07 Å². The van der Waals surface area contributed by atoms with Crippen molar-refractivity contribution in [1.82, 2.24) is 20.1 Å². The number of amides is 1. The van der Waals surface area contributed by atoms with E-state index in [1.165, 1.54) is 57.1 Å². The van der Waals surface area contributed by atoms with Gasteiger partial charge in [-0.2, -0.15) is 0 Å². The molecule has 0 spiro atoms. The molecule has 5 rings (SSSR count). The molecule has 4 aliphatic rings. The van der Waals surface area contributed by atoms with Crippen LogP contribution >= 0.6 is 0 Å². The highest BCUT2D eigenvalue weighted by atomic mass is 16.2. The van der Waals surface area contributed by atoms with Gasteiger partial charge >= 0.3 is 0 Å². The van der Waals surface area contributed by atoms with Gasteiger partial charge in [-0.3, -0.25) is 19.6 Å². The van der Waals surface area contributed by atoms with Crippen molar-refractivity contribution >= 4 is 5.91 Å². The summed E-state index contributed by atoms with van der Waals surface area (Å²) in [6, 6.07) is 5.34. The van der Waals surface area contributed by atoms with Gasteiger partial charge < -0.3 is 5.32 Å². The Bertz CT molecular complexity index is 667. The van der Waals surface area contributed by atoms with Crippen molar-refractivity contribution in [2.24, 2.45) is 17.8 Å². The molecule has 0 aromatic carbocycles. The highest BCUT2D eigenvalue weighted by Gasteiger charge is 2.43. The van der Waals surface area contributed by atoms with Crippen LogP contribution in [-0.2, 0) is 11.3 Å². The number of carbonyl (C=O) groups excluding carboxylic acids is 1. The first-order chi connectivity index (χ1) is 14.3. The minimum absolute atomic E-state index is 0.206. The number of hydrogen-bond donors (Lipinski definition) is 1. The summed E-state index contributed by atoms with van der Waals surface area (Å²) in [5.74, 6) is 2.13. The average molecular weight is 397 g/mol. The van der Waals surface area contributed by atoms with Crippen molar-refractivity contribution in [2.45, 2.75) is 70.0 Å². The third kappa shape index (κ3) is 5.00. The number of rotatable bonds is 7. The smallest absolute Gasteiger partial charge is 0.224 e. The maximum absolute atomic E-state index is 13.0. The Balaban J connectivity index is 1.10. The van der Waals surface area contributed by atoms with Crippen LogP contribution in [0.5, 0.6) is 0 Å². The highest BCUT2D eigenvalue weighted by Crippen LogP contribution is 2.44. The van der Waals surface area contributed by atoms with E-state index in [0.717, 1.165) is 44.4 Å². The minimum atomic E-state index is 0.206. The molecule has 5 heteroatoms. The molecule has 5 nitrogen and oxygen atoms in total. The molecule has 1 atom stereocenters. The molecule has 1 unspecified atom stereocenters. The first kappa shape index (κ1) is 19.5. The molecule has 2 aliphatic heterocycles. The van der Waals surface area contributed by atoms with E-state index in [-0.39, 0.29) is 5.92 Å². The lowest BCUT2D eigenvalue weighted by atomic mass is 9.92. The van der Waals surface area contributed by atoms with E-state index in [2.05, 4.69) is 26.2 Å². The van der Waals surface area contributed by atoms with Crippen LogP contribution in [0.25, 0.3) is 0 Å². The maximum Gasteiger partial charge on any atom is 0.224 e. The Morgan fingerprint density at radius 1 is 1.07 bits per heavy atom. The summed E-state index contributed by atoms with van der Waals surface area (Å²) in [7, 11) is 0. The Morgan fingerprint density at radius 3 is 2.48 bits per heavy atom. The van der Waals surface area contributed by atoms with Gasteiger partial charge in [-0.15, -0.1) is 0 Å². The number of aromatic nitrogens is 1. The zero-order valence-electron chi connectivity index (χ0n) is 17.6. The first-order valence-corrected chi connectivity index (χ1v) is 11.9. The maximum atomic E-state index is 13.0. The third-order valence-corrected chi connectivity index (χ3v) is 7.59. The number of pyridine rings is 1. The molecule has 0 radical (unpaired) electrons. The molecule has 1 aromatic heterocycles. The fourth-order valence-electron chi connectivity index (χ4n) is 5.56. The summed E-state index contributed by atoms with van der Waals surface area (Å²) in [6.45, 7) is 5.46. The molecule has 29 heavy (non-hydrogen) atoms. The van der Waals surface area contributed by atoms with Gasteiger partial charge in [0.15, 0.2) is 0 Å². The van der Waals surface area contributed by atoms with E-state index >= 15 is 0 Å². The van der Waals surface area contributed by atoms with Crippen LogP contribution in [0.1, 0.15) is 56.9 Å². The van der Waals surface area contributed by atoms with Gasteiger partial charge in [-0.05, 0) is 94.5 Å². The van der Waals surface area contributed by atoms with Crippen molar-refractivity contribution < 1.29 is 4.79 Å². The number of likely N-dealkylation sites (tertiary alicyclic amines) is 2. The second-order valence-electron chi connectivity index (χ2n) is 9.91. The molecule has 1 amide bonds. The third-order valence-electron chi connectivity index (χ3n) is 7.59. The van der Waals surface area contributed by atoms with Gasteiger partial charge in [0.1, 0.15) is 0 Å². The molecule has 2 aliphatic carbocycles. The Labute approximate surface area is 175 Å². The van der Waals surface area contributed by atoms with Gasteiger partial charge in [0.2, 0.25) is 5.91 Å². The summed E-state index contributed by atoms with van der Waals surface area (Å²) in [5, 5.41) is 3.49. The van der Waals surface area contributed by atoms with Gasteiger partial charge in [0.05, 0.1) is 5.92 Å². The summed E-state index contributed by atoms with van der Waals surface area (Å²) < 4.78 is 0. The quantitative estimate of drug-likeness (QED) is 0.770. The van der Waals surface area contributed by atoms with Crippen molar-refractivity contribution in [3.8, 4) is 0 Å². The molecular formula is C24H36N4O. The highest BCUT2D eigenvalue weighted by molar-refractivity contribution is 5.79. The average Bonchev–Trinajstić information content (AvgIpc) is 3.67. The monoisotopic (exact) mass is 396 g/mol. The van der Waals surface area contributed by atoms with Crippen LogP contribution in [0.4, 0.5) is 0 Å². The van der Waals surface area contributed by atoms with Crippen molar-refractivity contribution in [3.63, 3.8) is 0 Å². The molecule has 2 saturated heterocycles. The molecule has 1 N–H and O–H groups in total. The fourth-order valence-corrected chi connectivity index (χ4v) is 5.56. The second-order valence-corrected chi connectivity index (χ2v) is 9.91. The summed E-state index contributed by atoms with van der Waals surface area (Å²) in [5.41, 5.74) is 1.31. The zero-order chi connectivity index (χ0) is 19.6. The van der Waals surface area contributed by atoms with E-state index in [9.17, 15) is 4.79 Å². The normalized spacial score (nSPS) is 27.3. The lowest BCUT2D eigenvalue weighted by Gasteiger charge is -2.42. The number of carbonyl (C=O) groups is 1. The van der Waals surface area contributed by atoms with Gasteiger partial charge in [0.25, 0.3) is 0 Å². The van der Waals surface area contributed by atoms with E-state index in [0.29, 0.717) is 18.0 Å². The molecule has 3 heterocycles. The molecule has 1 aromatic rings. The number of piperidine rings is 2. The SMILES string of the molecule is O=C(NC(C1CC1)C1CC1)C1CCCN(C2CCN(Cc3cccnc3)CC2)C1. The predicted octanol–water partition coefficient (Wildman–Crippen LogP) is 3.06. The summed E-state index contributed by atoms with van der Waals surface area (Å²) in [6.07, 6.45) is 13.8. The Morgan fingerprint density at radius 2 is 1.83 bits per heavy atom. The Kier molecular flexibility index (Phi) is 5.87. The number of nitrogens with zero attached hydrogens (tertiary/aromatic N) is 3. The zero-order valence-corrected chi connectivity index (χ0v) is 17.6. The van der Waals surface area contributed by atoms with Gasteiger partial charge in [0, 0.05) is 37.6 Å². The van der Waals surface area contributed by atoms with Crippen molar-refractivity contribution in [1.29, 1.82) is 0 Å². The number of nitrogens with one attached hydrogen (secondary N) is 1. The van der Waals surface area contributed by atoms with E-state index in [4.69, 9.17) is 0 Å². The molecular weight excluding hydrogens is 360 g/mol. The predicted molar refractivity (Wildman–Crippen MR) is 114 cm³/mol. The van der Waals surface area contributed by atoms with Crippen molar-refractivity contribution in [2.75, 3.05) is 26.2 Å². The molecule has 0 bridgehead atoms. The standard InChI is InChI=1S/C24H36N4O/c29-24(26-23(19-5-6-19)20-7-8-20)21-4-2-12-28(17-21)22-9-13-27(14-10-22)16-18-3-1-11-25-15-18/h1,3,11,15,19-23H,2,4-10,12-14,16-17H2,(H,26,29). The first-order valence-electron chi connectivity index (χ1n) is 11.9. The number of hydrogen-bond acceptors (Lipinski definition) is 4. The lowest BCUT2D eigenvalue weighted by Crippen LogP contribution is -2.52. The molecule has 4 fully saturated rings. The lowest BCUT2D eigenvalue weighted by molar-refractivity contribution is -0.128. The minimum Gasteiger partial charge on any atom is -0.353 e. The van der Waals surface area contributed by atoms with Crippen LogP contribution < -0.4 is 5.32 Å². The topological polar surface area (TPSA) is 48.5 Å². The van der Waals surface area contributed by atoms with Crippen LogP contribution in [0.2, 0.25) is 0 Å². The fraction of sp³-hybridized carbons (Fsp3) is 0.750. The van der Waals surface area contributed by atoms with Crippen LogP contribution in [-0.4, -0.2) is 59.0 Å². The summed E-state index contributed by atoms with van der Waals surface area (Å²) >= 11 is 0. The van der Waals surface area contributed by atoms with Crippen molar-refractivity contribution in [3.05, 3.63) is 30.1 Å².